The van der Waals surface area contributed by atoms with E-state index in [1.54, 1.807) is 6.92 Å². The molecule has 36 heavy (non-hydrogen) atoms. The first-order valence-electron chi connectivity index (χ1n) is 12.7. The Balaban J connectivity index is 1.52. The molecule has 3 fully saturated rings. The van der Waals surface area contributed by atoms with Crippen LogP contribution in [0.4, 0.5) is 0 Å². The van der Waals surface area contributed by atoms with Crippen molar-refractivity contribution in [2.75, 3.05) is 19.8 Å². The first kappa shape index (κ1) is 25.2. The first-order valence-corrected chi connectivity index (χ1v) is 12.7. The number of esters is 3. The Hall–Kier alpha value is -2.49. The molecule has 3 aliphatic heterocycles. The van der Waals surface area contributed by atoms with Crippen LogP contribution in [0, 0.1) is 16.7 Å². The molecule has 196 valence electrons. The van der Waals surface area contributed by atoms with E-state index < -0.39 is 52.5 Å². The van der Waals surface area contributed by atoms with Crippen molar-refractivity contribution in [3.05, 3.63) is 36.0 Å². The van der Waals surface area contributed by atoms with Crippen LogP contribution in [0.15, 0.2) is 36.0 Å². The van der Waals surface area contributed by atoms with Gasteiger partial charge in [-0.25, -0.2) is 14.4 Å². The van der Waals surface area contributed by atoms with Crippen molar-refractivity contribution in [2.24, 2.45) is 16.7 Å². The maximum Gasteiger partial charge on any atom is 0.335 e. The number of hydrogen-bond acceptors (Lipinski definition) is 9. The molecule has 9 heteroatoms. The number of carbonyl (C=O) groups excluding carboxylic acids is 3. The molecule has 0 amide bonds. The molecule has 2 saturated heterocycles. The molecule has 0 aromatic heterocycles. The summed E-state index contributed by atoms with van der Waals surface area (Å²) >= 11 is 0. The molecule has 1 N–H and O–H groups in total. The number of allylic oxidation sites excluding steroid dienone is 3. The first-order chi connectivity index (χ1) is 17.1. The fourth-order valence-corrected chi connectivity index (χ4v) is 6.65. The average Bonchev–Trinajstić information content (AvgIpc) is 3.62. The van der Waals surface area contributed by atoms with Crippen molar-refractivity contribution < 1.29 is 43.2 Å². The molecule has 2 spiro atoms. The number of hydrogen-bond donors (Lipinski definition) is 1. The van der Waals surface area contributed by atoms with Crippen molar-refractivity contribution in [2.45, 2.75) is 76.5 Å². The molecule has 2 aliphatic carbocycles. The van der Waals surface area contributed by atoms with Crippen LogP contribution in [0.3, 0.4) is 0 Å². The van der Waals surface area contributed by atoms with Gasteiger partial charge in [0.25, 0.3) is 0 Å². The van der Waals surface area contributed by atoms with Crippen molar-refractivity contribution >= 4 is 17.9 Å². The van der Waals surface area contributed by atoms with Gasteiger partial charge in [0.15, 0.2) is 6.10 Å². The number of aliphatic hydroxyl groups excluding tert-OH is 1. The summed E-state index contributed by atoms with van der Waals surface area (Å²) in [6, 6.07) is 0. The number of aliphatic hydroxyl groups is 1. The smallest absolute Gasteiger partial charge is 0.335 e. The molecule has 0 radical (unpaired) electrons. The van der Waals surface area contributed by atoms with Gasteiger partial charge >= 0.3 is 17.9 Å². The number of ether oxygens (including phenoxy) is 5. The second kappa shape index (κ2) is 9.11. The molecule has 3 heterocycles. The van der Waals surface area contributed by atoms with E-state index in [0.717, 1.165) is 6.42 Å². The van der Waals surface area contributed by atoms with Crippen LogP contribution in [0.2, 0.25) is 0 Å². The third-order valence-electron chi connectivity index (χ3n) is 9.12. The van der Waals surface area contributed by atoms with Gasteiger partial charge < -0.3 is 28.8 Å². The van der Waals surface area contributed by atoms with E-state index in [4.69, 9.17) is 23.7 Å². The third-order valence-corrected chi connectivity index (χ3v) is 9.12. The number of rotatable bonds is 0. The van der Waals surface area contributed by atoms with E-state index in [2.05, 4.69) is 19.9 Å². The molecule has 8 atom stereocenters. The zero-order chi connectivity index (χ0) is 25.7. The summed E-state index contributed by atoms with van der Waals surface area (Å²) in [5, 5.41) is 10.6. The Morgan fingerprint density at radius 2 is 1.75 bits per heavy atom. The highest BCUT2D eigenvalue weighted by Crippen LogP contribution is 2.72. The SMILES string of the molecule is CC1=C[C@H]2O[C@@H]3C[C@H]4OC(=O)/C=C/C=C/C(=O)OCC[C@H](C)[C@@H](O)C(=O)OC[C@@]2(CC1)[C@]4(C)[C@]31CO1. The normalized spacial score (nSPS) is 46.8. The Kier molecular flexibility index (Phi) is 6.37. The second-order valence-electron chi connectivity index (χ2n) is 11.0. The lowest BCUT2D eigenvalue weighted by Crippen LogP contribution is -2.66. The molecule has 2 bridgehead atoms. The second-order valence-corrected chi connectivity index (χ2v) is 11.0. The molecule has 0 unspecified atom stereocenters. The molecule has 1 saturated carbocycles. The van der Waals surface area contributed by atoms with Crippen LogP contribution in [0.5, 0.6) is 0 Å². The van der Waals surface area contributed by atoms with Gasteiger partial charge in [0, 0.05) is 24.0 Å². The van der Waals surface area contributed by atoms with Gasteiger partial charge in [0.05, 0.1) is 30.8 Å². The summed E-state index contributed by atoms with van der Waals surface area (Å²) < 4.78 is 29.6. The lowest BCUT2D eigenvalue weighted by atomic mass is 9.51. The highest BCUT2D eigenvalue weighted by molar-refractivity contribution is 5.84. The van der Waals surface area contributed by atoms with E-state index in [-0.39, 0.29) is 31.8 Å². The van der Waals surface area contributed by atoms with Crippen molar-refractivity contribution in [3.63, 3.8) is 0 Å². The summed E-state index contributed by atoms with van der Waals surface area (Å²) in [5.74, 6) is -2.34. The number of cyclic esters (lactones) is 2. The molecule has 0 aromatic rings. The highest BCUT2D eigenvalue weighted by atomic mass is 16.6. The van der Waals surface area contributed by atoms with Crippen molar-refractivity contribution in [1.29, 1.82) is 0 Å². The average molecular weight is 503 g/mol. The topological polar surface area (TPSA) is 121 Å². The van der Waals surface area contributed by atoms with Crippen molar-refractivity contribution in [1.82, 2.24) is 0 Å². The monoisotopic (exact) mass is 502 g/mol. The summed E-state index contributed by atoms with van der Waals surface area (Å²) in [7, 11) is 0. The molecule has 5 aliphatic rings. The summed E-state index contributed by atoms with van der Waals surface area (Å²) in [5.41, 5.74) is -0.820. The maximum atomic E-state index is 12.9. The van der Waals surface area contributed by atoms with Gasteiger partial charge in [0.2, 0.25) is 0 Å². The van der Waals surface area contributed by atoms with Gasteiger partial charge in [-0.1, -0.05) is 37.6 Å². The lowest BCUT2D eigenvalue weighted by Gasteiger charge is -2.58. The van der Waals surface area contributed by atoms with Crippen molar-refractivity contribution in [3.8, 4) is 0 Å². The Morgan fingerprint density at radius 1 is 1.03 bits per heavy atom. The zero-order valence-corrected chi connectivity index (χ0v) is 20.9. The van der Waals surface area contributed by atoms with Gasteiger partial charge in [0.1, 0.15) is 18.3 Å². The minimum atomic E-state index is -1.37. The lowest BCUT2D eigenvalue weighted by molar-refractivity contribution is -0.234. The van der Waals surface area contributed by atoms with Crippen LogP contribution in [0.1, 0.15) is 46.5 Å². The van der Waals surface area contributed by atoms with E-state index in [1.165, 1.54) is 29.9 Å². The largest absolute Gasteiger partial charge is 0.463 e. The molecule has 9 nitrogen and oxygen atoms in total. The maximum absolute atomic E-state index is 12.9. The fourth-order valence-electron chi connectivity index (χ4n) is 6.65. The minimum Gasteiger partial charge on any atom is -0.463 e. The Labute approximate surface area is 210 Å². The molecule has 0 aromatic carbocycles. The van der Waals surface area contributed by atoms with Gasteiger partial charge in [-0.05, 0) is 32.1 Å². The summed E-state index contributed by atoms with van der Waals surface area (Å²) in [4.78, 5) is 37.6. The third kappa shape index (κ3) is 3.83. The zero-order valence-electron chi connectivity index (χ0n) is 20.9. The van der Waals surface area contributed by atoms with Crippen LogP contribution in [0.25, 0.3) is 0 Å². The van der Waals surface area contributed by atoms with Crippen LogP contribution in [-0.4, -0.2) is 72.9 Å². The predicted octanol–water partition coefficient (Wildman–Crippen LogP) is 2.17. The highest BCUT2D eigenvalue weighted by Gasteiger charge is 2.83. The van der Waals surface area contributed by atoms with E-state index in [9.17, 15) is 19.5 Å². The van der Waals surface area contributed by atoms with Crippen LogP contribution < -0.4 is 0 Å². The standard InChI is InChI=1S/C27H34O9/c1-16-8-10-26-14-33-24(31)23(30)17(2)9-11-32-21(28)6-4-5-7-22(29)36-18-13-20(35-19(26)12-16)27(15-34-27)25(18,26)3/h4-7,12,17-20,23,30H,8-11,13-15H2,1-3H3/b6-4+,7-5+/t17-,18+,19+,20+,23+,25+,26+,27-/m0/s1. The van der Waals surface area contributed by atoms with Gasteiger partial charge in [-0.3, -0.25) is 0 Å². The van der Waals surface area contributed by atoms with Crippen LogP contribution in [-0.2, 0) is 38.1 Å². The number of carbonyl (C=O) groups is 3. The Morgan fingerprint density at radius 3 is 2.47 bits per heavy atom. The van der Waals surface area contributed by atoms with Crippen LogP contribution >= 0.6 is 0 Å². The molecule has 5 rings (SSSR count). The fraction of sp³-hybridized carbons (Fsp3) is 0.667. The van der Waals surface area contributed by atoms with E-state index in [0.29, 0.717) is 19.4 Å². The predicted molar refractivity (Wildman–Crippen MR) is 125 cm³/mol. The molecular weight excluding hydrogens is 468 g/mol. The van der Waals surface area contributed by atoms with Gasteiger partial charge in [-0.2, -0.15) is 0 Å². The quantitative estimate of drug-likeness (QED) is 0.230. The van der Waals surface area contributed by atoms with Gasteiger partial charge in [-0.15, -0.1) is 0 Å². The minimum absolute atomic E-state index is 0.00000344. The Bertz CT molecular complexity index is 1020. The van der Waals surface area contributed by atoms with E-state index in [1.807, 2.05) is 0 Å². The van der Waals surface area contributed by atoms with E-state index >= 15 is 0 Å². The summed E-state index contributed by atoms with van der Waals surface area (Å²) in [6.45, 7) is 6.34. The summed E-state index contributed by atoms with van der Waals surface area (Å²) in [6.07, 6.45) is 7.11. The number of epoxide rings is 1. The molecular formula is C27H34O9.